The van der Waals surface area contributed by atoms with Gasteiger partial charge in [-0.2, -0.15) is 0 Å². The minimum atomic E-state index is -2.49. The Morgan fingerprint density at radius 1 is 2.12 bits per heavy atom. The Hall–Kier alpha value is -0.280. The SMILES string of the molecule is Cl.[2H]C([2H])([2H])C(CN)C(=O)O. The summed E-state index contributed by atoms with van der Waals surface area (Å²) in [5.41, 5.74) is 4.92. The third-order valence-electron chi connectivity index (χ3n) is 0.534. The molecule has 1 atom stereocenters. The minimum absolute atomic E-state index is 0. The second-order valence-corrected chi connectivity index (χ2v) is 1.13. The summed E-state index contributed by atoms with van der Waals surface area (Å²) in [6, 6.07) is 0. The van der Waals surface area contributed by atoms with Gasteiger partial charge in [-0.25, -0.2) is 0 Å². The molecule has 0 radical (unpaired) electrons. The number of carboxylic acid groups (broad SMARTS) is 1. The van der Waals surface area contributed by atoms with Crippen LogP contribution in [0.25, 0.3) is 0 Å². The highest BCUT2D eigenvalue weighted by molar-refractivity contribution is 5.85. The summed E-state index contributed by atoms with van der Waals surface area (Å²) in [7, 11) is 0. The van der Waals surface area contributed by atoms with Crippen molar-refractivity contribution in [3.05, 3.63) is 0 Å². The van der Waals surface area contributed by atoms with Gasteiger partial charge in [0.15, 0.2) is 0 Å². The summed E-state index contributed by atoms with van der Waals surface area (Å²) in [6.45, 7) is -2.84. The summed E-state index contributed by atoms with van der Waals surface area (Å²) in [6.07, 6.45) is 0. The lowest BCUT2D eigenvalue weighted by Gasteiger charge is -1.96. The van der Waals surface area contributed by atoms with E-state index in [1.165, 1.54) is 0 Å². The first-order valence-corrected chi connectivity index (χ1v) is 1.82. The van der Waals surface area contributed by atoms with Gasteiger partial charge in [0.05, 0.1) is 5.92 Å². The Labute approximate surface area is 58.5 Å². The predicted octanol–water partition coefficient (Wildman–Crippen LogP) is 0.0876. The van der Waals surface area contributed by atoms with Crippen LogP contribution in [-0.2, 0) is 4.79 Å². The van der Waals surface area contributed by atoms with Crippen molar-refractivity contribution >= 4 is 18.4 Å². The number of aliphatic carboxylic acids is 1. The zero-order valence-corrected chi connectivity index (χ0v) is 4.94. The Morgan fingerprint density at radius 2 is 2.62 bits per heavy atom. The molecule has 0 saturated heterocycles. The predicted molar refractivity (Wildman–Crippen MR) is 33.1 cm³/mol. The molecule has 0 saturated carbocycles. The molecule has 3 N–H and O–H groups in total. The van der Waals surface area contributed by atoms with Gasteiger partial charge in [-0.05, 0) is 0 Å². The van der Waals surface area contributed by atoms with E-state index in [9.17, 15) is 4.79 Å². The normalized spacial score (nSPS) is 18.9. The number of carboxylic acids is 1. The molecule has 4 heteroatoms. The topological polar surface area (TPSA) is 63.3 Å². The van der Waals surface area contributed by atoms with Crippen LogP contribution >= 0.6 is 12.4 Å². The van der Waals surface area contributed by atoms with E-state index in [1.54, 1.807) is 0 Å². The highest BCUT2D eigenvalue weighted by atomic mass is 35.5. The lowest BCUT2D eigenvalue weighted by Crippen LogP contribution is -2.19. The van der Waals surface area contributed by atoms with Gasteiger partial charge in [0, 0.05) is 10.7 Å². The molecule has 0 aliphatic rings. The second kappa shape index (κ2) is 4.87. The van der Waals surface area contributed by atoms with Crippen molar-refractivity contribution in [3.63, 3.8) is 0 Å². The zero-order valence-electron chi connectivity index (χ0n) is 7.13. The highest BCUT2D eigenvalue weighted by Crippen LogP contribution is 1.87. The van der Waals surface area contributed by atoms with E-state index in [-0.39, 0.29) is 19.0 Å². The molecular weight excluding hydrogens is 130 g/mol. The first-order valence-electron chi connectivity index (χ1n) is 3.32. The summed E-state index contributed by atoms with van der Waals surface area (Å²) >= 11 is 0. The van der Waals surface area contributed by atoms with Crippen LogP contribution in [0.2, 0.25) is 0 Å². The fourth-order valence-electron chi connectivity index (χ4n) is 0.101. The number of rotatable bonds is 2. The maximum Gasteiger partial charge on any atom is 0.307 e. The van der Waals surface area contributed by atoms with Crippen molar-refractivity contribution in [1.82, 2.24) is 0 Å². The molecule has 0 aromatic rings. The molecule has 0 aliphatic carbocycles. The van der Waals surface area contributed by atoms with Crippen molar-refractivity contribution in [2.75, 3.05) is 6.54 Å². The summed E-state index contributed by atoms with van der Waals surface area (Å²) in [4.78, 5) is 10.1. The minimum Gasteiger partial charge on any atom is -0.481 e. The number of carbonyl (C=O) groups is 1. The molecular formula is C4H10ClNO2. The summed E-state index contributed by atoms with van der Waals surface area (Å²) < 4.78 is 20.1. The van der Waals surface area contributed by atoms with Crippen LogP contribution < -0.4 is 5.73 Å². The largest absolute Gasteiger partial charge is 0.481 e. The van der Waals surface area contributed by atoms with E-state index in [0.717, 1.165) is 0 Å². The summed E-state index contributed by atoms with van der Waals surface area (Å²) in [5, 5.41) is 8.27. The van der Waals surface area contributed by atoms with Gasteiger partial charge in [0.1, 0.15) is 0 Å². The van der Waals surface area contributed by atoms with Gasteiger partial charge >= 0.3 is 5.97 Å². The monoisotopic (exact) mass is 142 g/mol. The lowest BCUT2D eigenvalue weighted by atomic mass is 10.2. The Balaban J connectivity index is 0. The van der Waals surface area contributed by atoms with Gasteiger partial charge in [0.2, 0.25) is 0 Å². The van der Waals surface area contributed by atoms with Crippen molar-refractivity contribution in [2.24, 2.45) is 11.7 Å². The van der Waals surface area contributed by atoms with Crippen molar-refractivity contribution in [2.45, 2.75) is 6.85 Å². The number of halogens is 1. The fraction of sp³-hybridized carbons (Fsp3) is 0.750. The summed E-state index contributed by atoms with van der Waals surface area (Å²) in [5.74, 6) is -2.81. The van der Waals surface area contributed by atoms with Crippen LogP contribution in [-0.4, -0.2) is 17.6 Å². The molecule has 0 fully saturated rings. The number of nitrogens with two attached hydrogens (primary N) is 1. The fourth-order valence-corrected chi connectivity index (χ4v) is 0.101. The van der Waals surface area contributed by atoms with Gasteiger partial charge in [-0.15, -0.1) is 12.4 Å². The number of hydrogen-bond acceptors (Lipinski definition) is 2. The van der Waals surface area contributed by atoms with E-state index in [1.807, 2.05) is 0 Å². The van der Waals surface area contributed by atoms with Gasteiger partial charge in [0.25, 0.3) is 0 Å². The number of hydrogen-bond donors (Lipinski definition) is 2. The second-order valence-electron chi connectivity index (χ2n) is 1.13. The van der Waals surface area contributed by atoms with Gasteiger partial charge in [-0.3, -0.25) is 4.79 Å². The van der Waals surface area contributed by atoms with Gasteiger partial charge in [-0.1, -0.05) is 6.85 Å². The molecule has 0 bridgehead atoms. The molecule has 0 aromatic carbocycles. The third kappa shape index (κ3) is 3.89. The highest BCUT2D eigenvalue weighted by Gasteiger charge is 2.05. The quantitative estimate of drug-likeness (QED) is 0.575. The maximum atomic E-state index is 10.1. The van der Waals surface area contributed by atoms with Crippen LogP contribution in [0.5, 0.6) is 0 Å². The van der Waals surface area contributed by atoms with E-state index in [2.05, 4.69) is 0 Å². The first-order chi connectivity index (χ1) is 4.39. The van der Waals surface area contributed by atoms with Crippen LogP contribution in [0, 0.1) is 5.92 Å². The van der Waals surface area contributed by atoms with E-state index in [4.69, 9.17) is 15.0 Å². The molecule has 8 heavy (non-hydrogen) atoms. The van der Waals surface area contributed by atoms with Crippen molar-refractivity contribution in [3.8, 4) is 0 Å². The van der Waals surface area contributed by atoms with Gasteiger partial charge < -0.3 is 10.8 Å². The Morgan fingerprint density at radius 3 is 2.62 bits per heavy atom. The van der Waals surface area contributed by atoms with Crippen LogP contribution in [0.4, 0.5) is 0 Å². The molecule has 50 valence electrons. The van der Waals surface area contributed by atoms with E-state index >= 15 is 0 Å². The molecule has 0 aliphatic heterocycles. The molecule has 0 aromatic heterocycles. The molecule has 0 heterocycles. The van der Waals surface area contributed by atoms with E-state index in [0.29, 0.717) is 0 Å². The molecule has 3 nitrogen and oxygen atoms in total. The Kier molecular flexibility index (Phi) is 2.79. The molecule has 0 rings (SSSR count). The van der Waals surface area contributed by atoms with Crippen LogP contribution in [0.1, 0.15) is 11.0 Å². The van der Waals surface area contributed by atoms with E-state index < -0.39 is 18.7 Å². The molecule has 0 spiro atoms. The Bertz CT molecular complexity index is 138. The molecule has 0 amide bonds. The van der Waals surface area contributed by atoms with Crippen molar-refractivity contribution in [1.29, 1.82) is 0 Å². The average Bonchev–Trinajstić information content (AvgIpc) is 1.60. The van der Waals surface area contributed by atoms with Crippen LogP contribution in [0.15, 0.2) is 0 Å². The third-order valence-corrected chi connectivity index (χ3v) is 0.534. The van der Waals surface area contributed by atoms with Crippen molar-refractivity contribution < 1.29 is 14.0 Å². The first kappa shape index (κ1) is 4.58. The lowest BCUT2D eigenvalue weighted by molar-refractivity contribution is -0.140. The van der Waals surface area contributed by atoms with Crippen LogP contribution in [0.3, 0.4) is 0 Å². The maximum absolute atomic E-state index is 10.1. The zero-order chi connectivity index (χ0) is 8.36. The standard InChI is InChI=1S/C4H9NO2.ClH/c1-3(2-5)4(6)7;/h3H,2,5H2,1H3,(H,6,7);1H/i1D3;. The smallest absolute Gasteiger partial charge is 0.307 e. The molecule has 1 unspecified atom stereocenters. The average molecular weight is 143 g/mol.